The van der Waals surface area contributed by atoms with Crippen LogP contribution in [0.5, 0.6) is 0 Å². The molecule has 3 aliphatic rings. The molecule has 1 aliphatic carbocycles. The Labute approximate surface area is 112 Å². The Bertz CT molecular complexity index is 271. The second-order valence-corrected chi connectivity index (χ2v) is 7.24. The average molecular weight is 251 g/mol. The van der Waals surface area contributed by atoms with Crippen LogP contribution in [0, 0.1) is 5.92 Å². The van der Waals surface area contributed by atoms with Crippen molar-refractivity contribution in [1.29, 1.82) is 0 Å². The number of rotatable bonds is 2. The van der Waals surface area contributed by atoms with E-state index in [2.05, 4.69) is 11.9 Å². The fraction of sp³-hybridized carbons (Fsp3) is 1.00. The van der Waals surface area contributed by atoms with Crippen molar-refractivity contribution >= 4 is 0 Å². The zero-order valence-electron chi connectivity index (χ0n) is 11.9. The first-order valence-electron chi connectivity index (χ1n) is 8.11. The van der Waals surface area contributed by atoms with Crippen LogP contribution in [0.3, 0.4) is 0 Å². The standard InChI is InChI=1S/C16H29NO/c1-17-14-8-5-9-15(17)12-16(18,11-14)10-13-6-3-2-4-7-13/h13-15,18H,2-12H2,1H3. The molecule has 2 heterocycles. The molecule has 18 heavy (non-hydrogen) atoms. The fourth-order valence-corrected chi connectivity index (χ4v) is 4.84. The van der Waals surface area contributed by atoms with E-state index in [1.807, 2.05) is 0 Å². The zero-order valence-corrected chi connectivity index (χ0v) is 11.9. The minimum Gasteiger partial charge on any atom is -0.390 e. The van der Waals surface area contributed by atoms with Gasteiger partial charge in [0.2, 0.25) is 0 Å². The maximum absolute atomic E-state index is 11.0. The number of hydrogen-bond acceptors (Lipinski definition) is 2. The van der Waals surface area contributed by atoms with Gasteiger partial charge in [-0.05, 0) is 45.1 Å². The van der Waals surface area contributed by atoms with Crippen LogP contribution in [0.4, 0.5) is 0 Å². The predicted molar refractivity (Wildman–Crippen MR) is 74.6 cm³/mol. The van der Waals surface area contributed by atoms with E-state index in [9.17, 15) is 5.11 Å². The zero-order chi connectivity index (χ0) is 12.6. The lowest BCUT2D eigenvalue weighted by atomic mass is 9.70. The molecule has 2 aliphatic heterocycles. The van der Waals surface area contributed by atoms with Crippen molar-refractivity contribution in [2.45, 2.75) is 88.3 Å². The molecule has 2 nitrogen and oxygen atoms in total. The maximum atomic E-state index is 11.0. The molecule has 0 radical (unpaired) electrons. The van der Waals surface area contributed by atoms with Gasteiger partial charge in [-0.25, -0.2) is 0 Å². The van der Waals surface area contributed by atoms with Crippen molar-refractivity contribution in [3.05, 3.63) is 0 Å². The molecule has 0 aromatic heterocycles. The molecule has 2 atom stereocenters. The number of piperidine rings is 2. The Balaban J connectivity index is 1.63. The normalized spacial score (nSPS) is 43.0. The van der Waals surface area contributed by atoms with Gasteiger partial charge in [-0.15, -0.1) is 0 Å². The van der Waals surface area contributed by atoms with Crippen LogP contribution in [-0.4, -0.2) is 34.7 Å². The van der Waals surface area contributed by atoms with Gasteiger partial charge in [-0.3, -0.25) is 0 Å². The highest BCUT2D eigenvalue weighted by molar-refractivity contribution is 4.99. The van der Waals surface area contributed by atoms with E-state index < -0.39 is 0 Å². The number of nitrogens with zero attached hydrogens (tertiary/aromatic N) is 1. The molecule has 3 fully saturated rings. The number of aliphatic hydroxyl groups is 1. The van der Waals surface area contributed by atoms with E-state index >= 15 is 0 Å². The molecule has 2 bridgehead atoms. The topological polar surface area (TPSA) is 23.5 Å². The quantitative estimate of drug-likeness (QED) is 0.813. The summed E-state index contributed by atoms with van der Waals surface area (Å²) in [5.74, 6) is 0.813. The number of hydrogen-bond donors (Lipinski definition) is 1. The summed E-state index contributed by atoms with van der Waals surface area (Å²) in [5, 5.41) is 11.0. The largest absolute Gasteiger partial charge is 0.390 e. The van der Waals surface area contributed by atoms with E-state index in [4.69, 9.17) is 0 Å². The van der Waals surface area contributed by atoms with Crippen LogP contribution < -0.4 is 0 Å². The first-order chi connectivity index (χ1) is 8.66. The smallest absolute Gasteiger partial charge is 0.0680 e. The van der Waals surface area contributed by atoms with Crippen molar-refractivity contribution in [2.75, 3.05) is 7.05 Å². The van der Waals surface area contributed by atoms with Gasteiger partial charge in [0.15, 0.2) is 0 Å². The number of fused-ring (bicyclic) bond motifs is 2. The Morgan fingerprint density at radius 2 is 1.56 bits per heavy atom. The highest BCUT2D eigenvalue weighted by atomic mass is 16.3. The van der Waals surface area contributed by atoms with Gasteiger partial charge in [-0.2, -0.15) is 0 Å². The molecule has 1 saturated carbocycles. The van der Waals surface area contributed by atoms with E-state index in [1.54, 1.807) is 0 Å². The molecule has 104 valence electrons. The predicted octanol–water partition coefficient (Wildman–Crippen LogP) is 3.33. The summed E-state index contributed by atoms with van der Waals surface area (Å²) in [6.07, 6.45) is 14.1. The third-order valence-corrected chi connectivity index (χ3v) is 5.85. The van der Waals surface area contributed by atoms with Crippen molar-refractivity contribution < 1.29 is 5.11 Å². The van der Waals surface area contributed by atoms with Crippen LogP contribution in [0.1, 0.15) is 70.6 Å². The van der Waals surface area contributed by atoms with Gasteiger partial charge in [0.1, 0.15) is 0 Å². The molecule has 2 saturated heterocycles. The van der Waals surface area contributed by atoms with E-state index in [0.29, 0.717) is 12.1 Å². The average Bonchev–Trinajstić information content (AvgIpc) is 2.33. The Morgan fingerprint density at radius 1 is 0.944 bits per heavy atom. The summed E-state index contributed by atoms with van der Waals surface area (Å²) < 4.78 is 0. The van der Waals surface area contributed by atoms with Gasteiger partial charge in [0, 0.05) is 12.1 Å². The molecular formula is C16H29NO. The van der Waals surface area contributed by atoms with Crippen molar-refractivity contribution in [2.24, 2.45) is 5.92 Å². The molecule has 0 aromatic rings. The van der Waals surface area contributed by atoms with Crippen LogP contribution >= 0.6 is 0 Å². The van der Waals surface area contributed by atoms with Crippen LogP contribution in [0.15, 0.2) is 0 Å². The molecular weight excluding hydrogens is 222 g/mol. The summed E-state index contributed by atoms with van der Waals surface area (Å²) in [6.45, 7) is 0. The summed E-state index contributed by atoms with van der Waals surface area (Å²) >= 11 is 0. The first-order valence-corrected chi connectivity index (χ1v) is 8.11. The second-order valence-electron chi connectivity index (χ2n) is 7.24. The molecule has 0 spiro atoms. The Kier molecular flexibility index (Phi) is 3.68. The second kappa shape index (κ2) is 5.13. The minimum absolute atomic E-state index is 0.329. The van der Waals surface area contributed by atoms with Crippen molar-refractivity contribution in [1.82, 2.24) is 4.90 Å². The highest BCUT2D eigenvalue weighted by Crippen LogP contribution is 2.43. The van der Waals surface area contributed by atoms with E-state index in [1.165, 1.54) is 51.4 Å². The third kappa shape index (κ3) is 2.60. The summed E-state index contributed by atoms with van der Waals surface area (Å²) in [6, 6.07) is 1.32. The summed E-state index contributed by atoms with van der Waals surface area (Å²) in [5.41, 5.74) is -0.329. The molecule has 2 heteroatoms. The van der Waals surface area contributed by atoms with Gasteiger partial charge < -0.3 is 10.0 Å². The van der Waals surface area contributed by atoms with Gasteiger partial charge in [-0.1, -0.05) is 38.5 Å². The van der Waals surface area contributed by atoms with Gasteiger partial charge in [0.25, 0.3) is 0 Å². The maximum Gasteiger partial charge on any atom is 0.0680 e. The minimum atomic E-state index is -0.329. The molecule has 2 unspecified atom stereocenters. The third-order valence-electron chi connectivity index (χ3n) is 5.85. The summed E-state index contributed by atoms with van der Waals surface area (Å²) in [4.78, 5) is 2.55. The van der Waals surface area contributed by atoms with E-state index in [-0.39, 0.29) is 5.60 Å². The molecule has 0 aromatic carbocycles. The lowest BCUT2D eigenvalue weighted by Crippen LogP contribution is -2.56. The lowest BCUT2D eigenvalue weighted by Gasteiger charge is -2.51. The summed E-state index contributed by atoms with van der Waals surface area (Å²) in [7, 11) is 2.27. The molecule has 0 amide bonds. The monoisotopic (exact) mass is 251 g/mol. The van der Waals surface area contributed by atoms with Crippen LogP contribution in [-0.2, 0) is 0 Å². The lowest BCUT2D eigenvalue weighted by molar-refractivity contribution is -0.0961. The van der Waals surface area contributed by atoms with Gasteiger partial charge in [0.05, 0.1) is 5.60 Å². The molecule has 1 N–H and O–H groups in total. The first kappa shape index (κ1) is 12.9. The molecule has 3 rings (SSSR count). The Morgan fingerprint density at radius 3 is 2.17 bits per heavy atom. The van der Waals surface area contributed by atoms with E-state index in [0.717, 1.165) is 25.2 Å². The van der Waals surface area contributed by atoms with Crippen molar-refractivity contribution in [3.63, 3.8) is 0 Å². The SMILES string of the molecule is CN1C2CCCC1CC(O)(CC1CCCCC1)C2. The van der Waals surface area contributed by atoms with Gasteiger partial charge >= 0.3 is 0 Å². The van der Waals surface area contributed by atoms with Crippen LogP contribution in [0.2, 0.25) is 0 Å². The fourth-order valence-electron chi connectivity index (χ4n) is 4.84. The van der Waals surface area contributed by atoms with Crippen molar-refractivity contribution in [3.8, 4) is 0 Å². The highest BCUT2D eigenvalue weighted by Gasteiger charge is 2.44. The van der Waals surface area contributed by atoms with Crippen LogP contribution in [0.25, 0.3) is 0 Å². The Hall–Kier alpha value is -0.0800.